The second-order valence-electron chi connectivity index (χ2n) is 16.1. The van der Waals surface area contributed by atoms with Crippen molar-refractivity contribution in [3.05, 3.63) is 188 Å². The standard InChI is InChI=1S/C53H41N5O/c1-53(2,3)36-28-29-54-51(31-36)58-47-27-24-35(41-19-13-20-44-42-18-8-9-21-46(42)57(52(41)44)37-14-6-5-7-15-37)30-45(47)43-26-25-40(33-50(43)58)59-39-17-12-16-38(32-39)56-34-55(4)48-22-10-11-23-49(48)56/h5-33H,1-4H3/i4D3. The van der Waals surface area contributed by atoms with Gasteiger partial charge in [-0.15, -0.1) is 0 Å². The summed E-state index contributed by atoms with van der Waals surface area (Å²) in [7, 11) is 0. The van der Waals surface area contributed by atoms with Gasteiger partial charge in [0.2, 0.25) is 6.33 Å². The zero-order valence-corrected chi connectivity index (χ0v) is 32.9. The maximum atomic E-state index is 8.12. The van der Waals surface area contributed by atoms with Gasteiger partial charge < -0.3 is 18.4 Å². The second-order valence-corrected chi connectivity index (χ2v) is 16.1. The summed E-state index contributed by atoms with van der Waals surface area (Å²) in [6.45, 7) is 4.27. The maximum Gasteiger partial charge on any atom is 0.244 e. The van der Waals surface area contributed by atoms with Gasteiger partial charge in [-0.25, -0.2) is 4.98 Å². The molecule has 0 aliphatic carbocycles. The number of benzene rings is 7. The molecule has 0 aliphatic heterocycles. The Labute approximate surface area is 346 Å². The van der Waals surface area contributed by atoms with E-state index in [2.05, 4.69) is 151 Å². The van der Waals surface area contributed by atoms with Gasteiger partial charge in [-0.3, -0.25) is 4.57 Å². The molecule has 0 atom stereocenters. The van der Waals surface area contributed by atoms with Crippen LogP contribution in [0.4, 0.5) is 0 Å². The smallest absolute Gasteiger partial charge is 0.244 e. The average Bonchev–Trinajstić information content (AvgIpc) is 3.95. The number of rotatable bonds is 6. The monoisotopic (exact) mass is 766 g/mol. The lowest BCUT2D eigenvalue weighted by Gasteiger charge is -2.20. The lowest BCUT2D eigenvalue weighted by Crippen LogP contribution is -2.26. The Kier molecular flexibility index (Phi) is 7.14. The van der Waals surface area contributed by atoms with E-state index in [1.165, 1.54) is 31.9 Å². The first-order valence-corrected chi connectivity index (χ1v) is 19.9. The quantitative estimate of drug-likeness (QED) is 0.125. The van der Waals surface area contributed by atoms with Crippen LogP contribution >= 0.6 is 0 Å². The van der Waals surface area contributed by atoms with E-state index in [1.807, 2.05) is 54.7 Å². The molecule has 11 rings (SSSR count). The largest absolute Gasteiger partial charge is 0.458 e. The summed E-state index contributed by atoms with van der Waals surface area (Å²) in [6.07, 6.45) is 4.96. The summed E-state index contributed by atoms with van der Waals surface area (Å²) >= 11 is 0. The van der Waals surface area contributed by atoms with Crippen LogP contribution in [0, 0.1) is 6.33 Å². The normalized spacial score (nSPS) is 13.0. The predicted octanol–water partition coefficient (Wildman–Crippen LogP) is 12.6. The average molecular weight is 767 g/mol. The molecule has 6 heteroatoms. The molecule has 59 heavy (non-hydrogen) atoms. The molecule has 4 aromatic heterocycles. The van der Waals surface area contributed by atoms with E-state index >= 15 is 0 Å². The van der Waals surface area contributed by atoms with E-state index in [9.17, 15) is 0 Å². The Morgan fingerprint density at radius 2 is 1.31 bits per heavy atom. The molecular formula is C53H41N5O. The number of nitrogens with zero attached hydrogens (tertiary/aromatic N) is 5. The molecule has 0 saturated heterocycles. The third-order valence-corrected chi connectivity index (χ3v) is 11.5. The van der Waals surface area contributed by atoms with Crippen LogP contribution in [0.1, 0.15) is 30.4 Å². The topological polar surface area (TPSA) is 40.8 Å². The fraction of sp³-hybridized carbons (Fsp3) is 0.0943. The lowest BCUT2D eigenvalue weighted by molar-refractivity contribution is -0.649. The third kappa shape index (κ3) is 5.71. The molecule has 6 nitrogen and oxygen atoms in total. The van der Waals surface area contributed by atoms with Crippen LogP contribution in [-0.2, 0) is 12.4 Å². The second kappa shape index (κ2) is 13.3. The van der Waals surface area contributed by atoms with Crippen molar-refractivity contribution in [3.8, 4) is 39.8 Å². The van der Waals surface area contributed by atoms with Gasteiger partial charge in [-0.1, -0.05) is 118 Å². The van der Waals surface area contributed by atoms with Crippen LogP contribution < -0.4 is 9.30 Å². The molecule has 0 radical (unpaired) electrons. The Morgan fingerprint density at radius 3 is 2.17 bits per heavy atom. The summed E-state index contributed by atoms with van der Waals surface area (Å²) in [5.41, 5.74) is 10.9. The molecule has 0 unspecified atom stereocenters. The Bertz CT molecular complexity index is 3540. The van der Waals surface area contributed by atoms with Gasteiger partial charge in [0.05, 0.1) is 49.9 Å². The first-order chi connectivity index (χ1) is 30.0. The van der Waals surface area contributed by atoms with Crippen LogP contribution in [0.5, 0.6) is 11.5 Å². The highest BCUT2D eigenvalue weighted by Crippen LogP contribution is 2.42. The van der Waals surface area contributed by atoms with Gasteiger partial charge in [-0.05, 0) is 83.3 Å². The zero-order chi connectivity index (χ0) is 42.3. The number of fused-ring (bicyclic) bond motifs is 7. The SMILES string of the molecule is [2H]C([2H])([2H])[n+]1[c-]n(-c2cccc(Oc3ccc4c5cc(-c6cccc7c8ccccc8n(-c8ccccc8)c67)ccc5n(-c5cc(C(C)(C)C)ccn5)c4c3)c2)c2ccccc21. The molecule has 0 N–H and O–H groups in total. The number of pyridine rings is 1. The highest BCUT2D eigenvalue weighted by molar-refractivity contribution is 6.15. The summed E-state index contributed by atoms with van der Waals surface area (Å²) in [4.78, 5) is 4.96. The highest BCUT2D eigenvalue weighted by atomic mass is 16.5. The molecule has 0 bridgehead atoms. The Balaban J connectivity index is 1.08. The first kappa shape index (κ1) is 31.6. The van der Waals surface area contributed by atoms with E-state index in [0.717, 1.165) is 55.6 Å². The molecule has 0 fully saturated rings. The minimum Gasteiger partial charge on any atom is -0.458 e. The van der Waals surface area contributed by atoms with Crippen LogP contribution in [0.3, 0.4) is 0 Å². The summed E-state index contributed by atoms with van der Waals surface area (Å²) < 4.78 is 38.6. The summed E-state index contributed by atoms with van der Waals surface area (Å²) in [5.74, 6) is 2.09. The van der Waals surface area contributed by atoms with Crippen molar-refractivity contribution in [1.29, 1.82) is 0 Å². The molecule has 284 valence electrons. The molecule has 4 heterocycles. The number of aromatic nitrogens is 5. The van der Waals surface area contributed by atoms with Crippen molar-refractivity contribution in [1.82, 2.24) is 18.7 Å². The van der Waals surface area contributed by atoms with Gasteiger partial charge in [0, 0.05) is 45.1 Å². The predicted molar refractivity (Wildman–Crippen MR) is 240 cm³/mol. The fourth-order valence-electron chi connectivity index (χ4n) is 8.65. The molecule has 0 aliphatic rings. The van der Waals surface area contributed by atoms with Crippen molar-refractivity contribution in [3.63, 3.8) is 0 Å². The molecule has 0 amide bonds. The van der Waals surface area contributed by atoms with Crippen molar-refractivity contribution in [2.24, 2.45) is 6.98 Å². The Hall–Kier alpha value is -7.44. The maximum absolute atomic E-state index is 8.12. The molecular weight excluding hydrogens is 723 g/mol. The van der Waals surface area contributed by atoms with Crippen molar-refractivity contribution < 1.29 is 13.4 Å². The zero-order valence-electron chi connectivity index (χ0n) is 35.9. The minimum absolute atomic E-state index is 0.0793. The van der Waals surface area contributed by atoms with E-state index in [0.29, 0.717) is 17.0 Å². The Morgan fingerprint density at radius 1 is 0.576 bits per heavy atom. The number of ether oxygens (including phenoxy) is 1. The molecule has 0 spiro atoms. The van der Waals surface area contributed by atoms with Crippen LogP contribution in [0.2, 0.25) is 0 Å². The summed E-state index contributed by atoms with van der Waals surface area (Å²) in [6, 6.07) is 58.2. The first-order valence-electron chi connectivity index (χ1n) is 21.4. The number of aryl methyl sites for hydroxylation is 1. The van der Waals surface area contributed by atoms with E-state index in [-0.39, 0.29) is 5.41 Å². The number of hydrogen-bond donors (Lipinski definition) is 0. The van der Waals surface area contributed by atoms with Gasteiger partial charge in [0.25, 0.3) is 0 Å². The van der Waals surface area contributed by atoms with E-state index < -0.39 is 6.98 Å². The van der Waals surface area contributed by atoms with Crippen LogP contribution in [0.15, 0.2) is 176 Å². The van der Waals surface area contributed by atoms with Crippen LogP contribution in [-0.4, -0.2) is 18.7 Å². The summed E-state index contributed by atoms with van der Waals surface area (Å²) in [5, 5.41) is 4.60. The lowest BCUT2D eigenvalue weighted by atomic mass is 9.88. The van der Waals surface area contributed by atoms with Gasteiger partial charge >= 0.3 is 0 Å². The number of hydrogen-bond acceptors (Lipinski definition) is 2. The molecule has 11 aromatic rings. The van der Waals surface area contributed by atoms with Gasteiger partial charge in [0.1, 0.15) is 17.3 Å². The molecule has 7 aromatic carbocycles. The minimum atomic E-state index is -2.38. The van der Waals surface area contributed by atoms with E-state index in [4.69, 9.17) is 13.8 Å². The van der Waals surface area contributed by atoms with Gasteiger partial charge in [0.15, 0.2) is 0 Å². The third-order valence-electron chi connectivity index (χ3n) is 11.5. The van der Waals surface area contributed by atoms with Gasteiger partial charge in [-0.2, -0.15) is 0 Å². The highest BCUT2D eigenvalue weighted by Gasteiger charge is 2.21. The van der Waals surface area contributed by atoms with Crippen molar-refractivity contribution >= 4 is 54.6 Å². The number of imidazole rings is 1. The van der Waals surface area contributed by atoms with E-state index in [1.54, 1.807) is 10.6 Å². The number of para-hydroxylation sites is 5. The van der Waals surface area contributed by atoms with Crippen molar-refractivity contribution in [2.45, 2.75) is 26.2 Å². The fourth-order valence-corrected chi connectivity index (χ4v) is 8.65. The van der Waals surface area contributed by atoms with Crippen LogP contribution in [0.25, 0.3) is 83.0 Å². The molecule has 0 saturated carbocycles. The van der Waals surface area contributed by atoms with Crippen molar-refractivity contribution in [2.75, 3.05) is 0 Å².